The van der Waals surface area contributed by atoms with Crippen LogP contribution in [0.5, 0.6) is 5.75 Å². The van der Waals surface area contributed by atoms with E-state index in [4.69, 9.17) is 4.74 Å². The number of anilines is 1. The lowest BCUT2D eigenvalue weighted by atomic mass is 9.88. The standard InChI is InChI=1S/C17H19NO3/c1-12-6-4-5-7-15(12)17(2,16(19)20)18-13-8-10-14(21-3)11-9-13/h4-11,18H,1-3H3,(H,19,20). The smallest absolute Gasteiger partial charge is 0.333 e. The fourth-order valence-electron chi connectivity index (χ4n) is 2.33. The molecule has 2 aromatic rings. The first-order valence-electron chi connectivity index (χ1n) is 6.69. The van der Waals surface area contributed by atoms with Gasteiger partial charge in [0.1, 0.15) is 5.75 Å². The Kier molecular flexibility index (Phi) is 4.17. The highest BCUT2D eigenvalue weighted by atomic mass is 16.5. The minimum atomic E-state index is -1.19. The second-order valence-electron chi connectivity index (χ2n) is 5.10. The lowest BCUT2D eigenvalue weighted by Crippen LogP contribution is -2.41. The molecule has 0 saturated heterocycles. The third-order valence-corrected chi connectivity index (χ3v) is 3.60. The Morgan fingerprint density at radius 1 is 1.14 bits per heavy atom. The maximum absolute atomic E-state index is 11.8. The van der Waals surface area contributed by atoms with Crippen LogP contribution in [0.4, 0.5) is 5.69 Å². The average Bonchev–Trinajstić information content (AvgIpc) is 2.48. The predicted octanol–water partition coefficient (Wildman–Crippen LogP) is 3.42. The number of carboxylic acid groups (broad SMARTS) is 1. The summed E-state index contributed by atoms with van der Waals surface area (Å²) in [5.74, 6) is -0.193. The van der Waals surface area contributed by atoms with Crippen LogP contribution < -0.4 is 10.1 Å². The van der Waals surface area contributed by atoms with Gasteiger partial charge in [-0.25, -0.2) is 4.79 Å². The molecular weight excluding hydrogens is 266 g/mol. The summed E-state index contributed by atoms with van der Waals surface area (Å²) in [6, 6.07) is 14.7. The van der Waals surface area contributed by atoms with Crippen molar-refractivity contribution in [1.29, 1.82) is 0 Å². The summed E-state index contributed by atoms with van der Waals surface area (Å²) in [7, 11) is 1.59. The van der Waals surface area contributed by atoms with E-state index in [1.807, 2.05) is 31.2 Å². The van der Waals surface area contributed by atoms with Gasteiger partial charge in [0, 0.05) is 5.69 Å². The summed E-state index contributed by atoms with van der Waals surface area (Å²) in [6.07, 6.45) is 0. The minimum absolute atomic E-state index is 0.726. The number of benzene rings is 2. The van der Waals surface area contributed by atoms with Gasteiger partial charge in [0.2, 0.25) is 0 Å². The normalized spacial score (nSPS) is 13.3. The van der Waals surface area contributed by atoms with Crippen molar-refractivity contribution in [3.05, 3.63) is 59.7 Å². The van der Waals surface area contributed by atoms with E-state index in [9.17, 15) is 9.90 Å². The number of hydrogen-bond donors (Lipinski definition) is 2. The summed E-state index contributed by atoms with van der Waals surface area (Å²) < 4.78 is 5.11. The Labute approximate surface area is 124 Å². The fourth-order valence-corrected chi connectivity index (χ4v) is 2.33. The fraction of sp³-hybridized carbons (Fsp3) is 0.235. The molecule has 21 heavy (non-hydrogen) atoms. The first-order valence-corrected chi connectivity index (χ1v) is 6.69. The van der Waals surface area contributed by atoms with E-state index >= 15 is 0 Å². The zero-order valence-corrected chi connectivity index (χ0v) is 12.4. The van der Waals surface area contributed by atoms with Gasteiger partial charge in [-0.2, -0.15) is 0 Å². The van der Waals surface area contributed by atoms with E-state index in [0.29, 0.717) is 0 Å². The van der Waals surface area contributed by atoms with Gasteiger partial charge in [0.05, 0.1) is 7.11 Å². The summed E-state index contributed by atoms with van der Waals surface area (Å²) in [4.78, 5) is 11.8. The molecule has 0 spiro atoms. The van der Waals surface area contributed by atoms with Gasteiger partial charge >= 0.3 is 5.97 Å². The van der Waals surface area contributed by atoms with Crippen molar-refractivity contribution in [2.75, 3.05) is 12.4 Å². The van der Waals surface area contributed by atoms with Crippen molar-refractivity contribution in [3.63, 3.8) is 0 Å². The van der Waals surface area contributed by atoms with Crippen LogP contribution in [0.15, 0.2) is 48.5 Å². The molecule has 0 radical (unpaired) electrons. The summed E-state index contributed by atoms with van der Waals surface area (Å²) in [5, 5.41) is 12.8. The molecule has 2 rings (SSSR count). The molecule has 0 fully saturated rings. The van der Waals surface area contributed by atoms with Gasteiger partial charge in [0.15, 0.2) is 5.54 Å². The minimum Gasteiger partial charge on any atom is -0.497 e. The second-order valence-corrected chi connectivity index (χ2v) is 5.10. The molecule has 0 bridgehead atoms. The number of ether oxygens (including phenoxy) is 1. The van der Waals surface area contributed by atoms with Gasteiger partial charge in [-0.15, -0.1) is 0 Å². The second kappa shape index (κ2) is 5.87. The zero-order chi connectivity index (χ0) is 15.5. The van der Waals surface area contributed by atoms with Gasteiger partial charge < -0.3 is 15.2 Å². The number of methoxy groups -OCH3 is 1. The molecule has 0 aliphatic carbocycles. The van der Waals surface area contributed by atoms with Crippen molar-refractivity contribution < 1.29 is 14.6 Å². The molecule has 0 amide bonds. The van der Waals surface area contributed by atoms with E-state index in [1.165, 1.54) is 0 Å². The lowest BCUT2D eigenvalue weighted by Gasteiger charge is -2.29. The third-order valence-electron chi connectivity index (χ3n) is 3.60. The molecule has 0 saturated carbocycles. The van der Waals surface area contributed by atoms with Crippen LogP contribution >= 0.6 is 0 Å². The maximum Gasteiger partial charge on any atom is 0.333 e. The van der Waals surface area contributed by atoms with E-state index < -0.39 is 11.5 Å². The molecule has 0 heterocycles. The van der Waals surface area contributed by atoms with Crippen LogP contribution in [-0.2, 0) is 10.3 Å². The first kappa shape index (κ1) is 14.9. The molecule has 0 aliphatic heterocycles. The third kappa shape index (κ3) is 2.99. The van der Waals surface area contributed by atoms with Crippen LogP contribution in [0.3, 0.4) is 0 Å². The largest absolute Gasteiger partial charge is 0.497 e. The molecule has 4 nitrogen and oxygen atoms in total. The van der Waals surface area contributed by atoms with Gasteiger partial charge in [-0.1, -0.05) is 24.3 Å². The van der Waals surface area contributed by atoms with Crippen molar-refractivity contribution in [2.45, 2.75) is 19.4 Å². The molecule has 4 heteroatoms. The number of rotatable bonds is 5. The van der Waals surface area contributed by atoms with Crippen molar-refractivity contribution in [1.82, 2.24) is 0 Å². The number of carboxylic acids is 1. The quantitative estimate of drug-likeness (QED) is 0.883. The lowest BCUT2D eigenvalue weighted by molar-refractivity contribution is -0.142. The Bertz CT molecular complexity index is 637. The predicted molar refractivity (Wildman–Crippen MR) is 82.8 cm³/mol. The molecule has 1 atom stereocenters. The summed E-state index contributed by atoms with van der Waals surface area (Å²) >= 11 is 0. The van der Waals surface area contributed by atoms with Gasteiger partial charge in [-0.05, 0) is 49.2 Å². The van der Waals surface area contributed by atoms with Gasteiger partial charge in [0.25, 0.3) is 0 Å². The number of aryl methyl sites for hydroxylation is 1. The van der Waals surface area contributed by atoms with Crippen molar-refractivity contribution in [3.8, 4) is 5.75 Å². The van der Waals surface area contributed by atoms with Crippen molar-refractivity contribution in [2.24, 2.45) is 0 Å². The monoisotopic (exact) mass is 285 g/mol. The van der Waals surface area contributed by atoms with E-state index in [2.05, 4.69) is 5.32 Å². The highest BCUT2D eigenvalue weighted by Crippen LogP contribution is 2.29. The van der Waals surface area contributed by atoms with E-state index in [1.54, 1.807) is 38.3 Å². The topological polar surface area (TPSA) is 58.6 Å². The highest BCUT2D eigenvalue weighted by Gasteiger charge is 2.36. The van der Waals surface area contributed by atoms with Crippen LogP contribution in [-0.4, -0.2) is 18.2 Å². The van der Waals surface area contributed by atoms with Gasteiger partial charge in [-0.3, -0.25) is 0 Å². The summed E-state index contributed by atoms with van der Waals surface area (Å²) in [5.41, 5.74) is 1.21. The van der Waals surface area contributed by atoms with Crippen LogP contribution in [0, 0.1) is 6.92 Å². The number of hydrogen-bond acceptors (Lipinski definition) is 3. The Morgan fingerprint density at radius 2 is 1.76 bits per heavy atom. The molecule has 2 aromatic carbocycles. The maximum atomic E-state index is 11.8. The molecule has 0 aromatic heterocycles. The molecule has 110 valence electrons. The molecule has 0 aliphatic rings. The Hall–Kier alpha value is -2.49. The van der Waals surface area contributed by atoms with Crippen molar-refractivity contribution >= 4 is 11.7 Å². The Morgan fingerprint density at radius 3 is 2.29 bits per heavy atom. The molecular formula is C17H19NO3. The highest BCUT2D eigenvalue weighted by molar-refractivity contribution is 5.84. The number of carbonyl (C=O) groups is 1. The average molecular weight is 285 g/mol. The summed E-state index contributed by atoms with van der Waals surface area (Å²) in [6.45, 7) is 3.58. The van der Waals surface area contributed by atoms with Crippen LogP contribution in [0.2, 0.25) is 0 Å². The van der Waals surface area contributed by atoms with Crippen LogP contribution in [0.1, 0.15) is 18.1 Å². The zero-order valence-electron chi connectivity index (χ0n) is 12.4. The van der Waals surface area contributed by atoms with E-state index in [-0.39, 0.29) is 0 Å². The molecule has 2 N–H and O–H groups in total. The number of aliphatic carboxylic acids is 1. The van der Waals surface area contributed by atoms with E-state index in [0.717, 1.165) is 22.6 Å². The SMILES string of the molecule is COc1ccc(NC(C)(C(=O)O)c2ccccc2C)cc1. The molecule has 1 unspecified atom stereocenters. The Balaban J connectivity index is 2.38. The first-order chi connectivity index (χ1) is 9.97. The number of nitrogens with one attached hydrogen (secondary N) is 1. The van der Waals surface area contributed by atoms with Crippen LogP contribution in [0.25, 0.3) is 0 Å².